The van der Waals surface area contributed by atoms with Crippen molar-refractivity contribution in [2.24, 2.45) is 0 Å². The normalized spacial score (nSPS) is 20.0. The molecule has 1 heterocycles. The summed E-state index contributed by atoms with van der Waals surface area (Å²) in [7, 11) is 0. The first kappa shape index (κ1) is 15.3. The molecule has 0 amide bonds. The predicted octanol–water partition coefficient (Wildman–Crippen LogP) is 1.90. The lowest BCUT2D eigenvalue weighted by Crippen LogP contribution is -2.42. The summed E-state index contributed by atoms with van der Waals surface area (Å²) >= 11 is 0. The zero-order chi connectivity index (χ0) is 14.2. The van der Waals surface area contributed by atoms with Gasteiger partial charge in [0, 0.05) is 31.7 Å². The highest BCUT2D eigenvalue weighted by Crippen LogP contribution is 2.17. The van der Waals surface area contributed by atoms with Gasteiger partial charge in [-0.2, -0.15) is 0 Å². The molecular formula is C16H26N2O2. The van der Waals surface area contributed by atoms with Crippen LogP contribution in [0.2, 0.25) is 0 Å². The van der Waals surface area contributed by atoms with Crippen molar-refractivity contribution >= 4 is 0 Å². The van der Waals surface area contributed by atoms with E-state index in [1.165, 1.54) is 5.56 Å². The van der Waals surface area contributed by atoms with Gasteiger partial charge in [-0.05, 0) is 19.5 Å². The van der Waals surface area contributed by atoms with E-state index in [4.69, 9.17) is 9.47 Å². The molecule has 0 aliphatic carbocycles. The largest absolute Gasteiger partial charge is 0.492 e. The van der Waals surface area contributed by atoms with E-state index in [1.807, 2.05) is 6.07 Å². The summed E-state index contributed by atoms with van der Waals surface area (Å²) in [6.07, 6.45) is 0.338. The molecule has 4 nitrogen and oxygen atoms in total. The van der Waals surface area contributed by atoms with Gasteiger partial charge < -0.3 is 14.8 Å². The third-order valence-electron chi connectivity index (χ3n) is 3.53. The van der Waals surface area contributed by atoms with Gasteiger partial charge >= 0.3 is 0 Å². The lowest BCUT2D eigenvalue weighted by atomic mass is 10.2. The van der Waals surface area contributed by atoms with E-state index in [9.17, 15) is 0 Å². The fourth-order valence-corrected chi connectivity index (χ4v) is 2.43. The van der Waals surface area contributed by atoms with E-state index in [-0.39, 0.29) is 0 Å². The van der Waals surface area contributed by atoms with Gasteiger partial charge in [0.25, 0.3) is 0 Å². The molecular weight excluding hydrogens is 252 g/mol. The molecule has 1 aromatic rings. The highest BCUT2D eigenvalue weighted by Gasteiger charge is 2.16. The van der Waals surface area contributed by atoms with Gasteiger partial charge in [0.2, 0.25) is 0 Å². The number of hydrogen-bond donors (Lipinski definition) is 1. The molecule has 1 atom stereocenters. The standard InChI is InChI=1S/C16H26N2O2/c1-3-17-12-15-6-4-5-7-16(15)20-11-9-18-8-10-19-14(2)13-18/h4-7,14,17H,3,8-13H2,1-2H3. The molecule has 1 N–H and O–H groups in total. The van der Waals surface area contributed by atoms with Crippen LogP contribution in [-0.2, 0) is 11.3 Å². The van der Waals surface area contributed by atoms with Crippen molar-refractivity contribution in [3.8, 4) is 5.75 Å². The fourth-order valence-electron chi connectivity index (χ4n) is 2.43. The number of nitrogens with one attached hydrogen (secondary N) is 1. The minimum Gasteiger partial charge on any atom is -0.492 e. The van der Waals surface area contributed by atoms with E-state index in [2.05, 4.69) is 42.3 Å². The molecule has 20 heavy (non-hydrogen) atoms. The molecule has 0 aromatic heterocycles. The summed E-state index contributed by atoms with van der Waals surface area (Å²) in [5.74, 6) is 0.995. The van der Waals surface area contributed by atoms with Crippen LogP contribution in [0.5, 0.6) is 5.75 Å². The molecule has 0 spiro atoms. The van der Waals surface area contributed by atoms with Crippen LogP contribution in [0.4, 0.5) is 0 Å². The molecule has 112 valence electrons. The van der Waals surface area contributed by atoms with Crippen LogP contribution in [0.15, 0.2) is 24.3 Å². The summed E-state index contributed by atoms with van der Waals surface area (Å²) < 4.78 is 11.5. The van der Waals surface area contributed by atoms with Crippen molar-refractivity contribution in [3.63, 3.8) is 0 Å². The third kappa shape index (κ3) is 4.78. The summed E-state index contributed by atoms with van der Waals surface area (Å²) in [6, 6.07) is 8.26. The zero-order valence-corrected chi connectivity index (χ0v) is 12.6. The van der Waals surface area contributed by atoms with E-state index in [0.29, 0.717) is 6.10 Å². The Morgan fingerprint density at radius 1 is 1.40 bits per heavy atom. The van der Waals surface area contributed by atoms with Crippen molar-refractivity contribution in [1.82, 2.24) is 10.2 Å². The topological polar surface area (TPSA) is 33.7 Å². The Labute approximate surface area is 122 Å². The Balaban J connectivity index is 1.78. The van der Waals surface area contributed by atoms with E-state index < -0.39 is 0 Å². The van der Waals surface area contributed by atoms with Gasteiger partial charge in [0.1, 0.15) is 12.4 Å². The lowest BCUT2D eigenvalue weighted by Gasteiger charge is -2.30. The fraction of sp³-hybridized carbons (Fsp3) is 0.625. The van der Waals surface area contributed by atoms with Crippen LogP contribution in [0.25, 0.3) is 0 Å². The maximum absolute atomic E-state index is 5.95. The molecule has 1 saturated heterocycles. The SMILES string of the molecule is CCNCc1ccccc1OCCN1CCOC(C)C1. The Bertz CT molecular complexity index is 398. The van der Waals surface area contributed by atoms with Crippen LogP contribution < -0.4 is 10.1 Å². The predicted molar refractivity (Wildman–Crippen MR) is 81.2 cm³/mol. The molecule has 2 rings (SSSR count). The number of ether oxygens (including phenoxy) is 2. The summed E-state index contributed by atoms with van der Waals surface area (Å²) in [5, 5.41) is 3.34. The van der Waals surface area contributed by atoms with E-state index >= 15 is 0 Å². The Kier molecular flexibility index (Phi) is 6.30. The molecule has 1 aliphatic rings. The number of benzene rings is 1. The van der Waals surface area contributed by atoms with Gasteiger partial charge in [-0.15, -0.1) is 0 Å². The van der Waals surface area contributed by atoms with Crippen LogP contribution in [0.1, 0.15) is 19.4 Å². The van der Waals surface area contributed by atoms with Crippen LogP contribution >= 0.6 is 0 Å². The van der Waals surface area contributed by atoms with Crippen LogP contribution in [0.3, 0.4) is 0 Å². The monoisotopic (exact) mass is 278 g/mol. The minimum absolute atomic E-state index is 0.338. The third-order valence-corrected chi connectivity index (χ3v) is 3.53. The van der Waals surface area contributed by atoms with Crippen LogP contribution in [0, 0.1) is 0 Å². The molecule has 1 aromatic carbocycles. The average Bonchev–Trinajstić information content (AvgIpc) is 2.46. The second-order valence-corrected chi connectivity index (χ2v) is 5.22. The van der Waals surface area contributed by atoms with Gasteiger partial charge in [0.05, 0.1) is 12.7 Å². The van der Waals surface area contributed by atoms with Crippen molar-refractivity contribution in [2.75, 3.05) is 39.4 Å². The van der Waals surface area contributed by atoms with Crippen molar-refractivity contribution < 1.29 is 9.47 Å². The maximum Gasteiger partial charge on any atom is 0.123 e. The smallest absolute Gasteiger partial charge is 0.123 e. The molecule has 4 heteroatoms. The Morgan fingerprint density at radius 2 is 2.25 bits per heavy atom. The quantitative estimate of drug-likeness (QED) is 0.826. The first-order chi connectivity index (χ1) is 9.79. The number of rotatable bonds is 7. The Morgan fingerprint density at radius 3 is 3.05 bits per heavy atom. The van der Waals surface area contributed by atoms with Gasteiger partial charge in [-0.3, -0.25) is 4.90 Å². The van der Waals surface area contributed by atoms with Crippen molar-refractivity contribution in [3.05, 3.63) is 29.8 Å². The van der Waals surface area contributed by atoms with E-state index in [0.717, 1.165) is 51.7 Å². The molecule has 0 radical (unpaired) electrons. The second kappa shape index (κ2) is 8.25. The summed E-state index contributed by atoms with van der Waals surface area (Å²) in [6.45, 7) is 10.6. The first-order valence-corrected chi connectivity index (χ1v) is 7.55. The summed E-state index contributed by atoms with van der Waals surface area (Å²) in [4.78, 5) is 2.40. The van der Waals surface area contributed by atoms with Crippen molar-refractivity contribution in [1.29, 1.82) is 0 Å². The lowest BCUT2D eigenvalue weighted by molar-refractivity contribution is -0.0214. The zero-order valence-electron chi connectivity index (χ0n) is 12.6. The highest BCUT2D eigenvalue weighted by atomic mass is 16.5. The van der Waals surface area contributed by atoms with Crippen LogP contribution in [-0.4, -0.2) is 50.4 Å². The molecule has 0 bridgehead atoms. The maximum atomic E-state index is 5.95. The number of morpholine rings is 1. The summed E-state index contributed by atoms with van der Waals surface area (Å²) in [5.41, 5.74) is 1.23. The van der Waals surface area contributed by atoms with Gasteiger partial charge in [-0.1, -0.05) is 25.1 Å². The van der Waals surface area contributed by atoms with Gasteiger partial charge in [-0.25, -0.2) is 0 Å². The number of para-hydroxylation sites is 1. The van der Waals surface area contributed by atoms with Gasteiger partial charge in [0.15, 0.2) is 0 Å². The van der Waals surface area contributed by atoms with E-state index in [1.54, 1.807) is 0 Å². The molecule has 1 fully saturated rings. The second-order valence-electron chi connectivity index (χ2n) is 5.22. The van der Waals surface area contributed by atoms with Crippen molar-refractivity contribution in [2.45, 2.75) is 26.5 Å². The first-order valence-electron chi connectivity index (χ1n) is 7.55. The molecule has 1 unspecified atom stereocenters. The minimum atomic E-state index is 0.338. The molecule has 0 saturated carbocycles. The number of hydrogen-bond acceptors (Lipinski definition) is 4. The number of nitrogens with zero attached hydrogens (tertiary/aromatic N) is 1. The average molecular weight is 278 g/mol. The molecule has 1 aliphatic heterocycles. The Hall–Kier alpha value is -1.10. The highest BCUT2D eigenvalue weighted by molar-refractivity contribution is 5.33.